The third-order valence-corrected chi connectivity index (χ3v) is 6.68. The van der Waals surface area contributed by atoms with Gasteiger partial charge in [-0.3, -0.25) is 10.1 Å². The highest BCUT2D eigenvalue weighted by Gasteiger charge is 2.54. The number of carbonyl (C=O) groups is 1. The zero-order chi connectivity index (χ0) is 17.7. The molecule has 1 aromatic heterocycles. The van der Waals surface area contributed by atoms with E-state index in [1.807, 2.05) is 0 Å². The zero-order valence-electron chi connectivity index (χ0n) is 15.2. The van der Waals surface area contributed by atoms with E-state index in [0.29, 0.717) is 12.3 Å². The van der Waals surface area contributed by atoms with Crippen LogP contribution in [0.4, 0.5) is 6.01 Å². The second-order valence-corrected chi connectivity index (χ2v) is 8.82. The number of hydrogen-bond acceptors (Lipinski definition) is 4. The van der Waals surface area contributed by atoms with Crippen LogP contribution in [0.25, 0.3) is 0 Å². The predicted molar refractivity (Wildman–Crippen MR) is 97.5 cm³/mol. The Hall–Kier alpha value is -2.17. The Morgan fingerprint density at radius 2 is 1.69 bits per heavy atom. The second kappa shape index (κ2) is 5.93. The van der Waals surface area contributed by atoms with Crippen molar-refractivity contribution in [3.63, 3.8) is 0 Å². The van der Waals surface area contributed by atoms with Crippen LogP contribution in [0.5, 0.6) is 0 Å². The standard InChI is InChI=1S/C21H25N3O2/c1-13-2-4-14(5-3-13)9-18-23-24-20(26-18)22-19(25)21-10-15-6-16(11-21)8-17(7-15)12-21/h2-5,15-17H,6-12H2,1H3,(H,22,24,25). The first kappa shape index (κ1) is 16.0. The maximum atomic E-state index is 13.0. The van der Waals surface area contributed by atoms with Gasteiger partial charge in [0.2, 0.25) is 11.8 Å². The molecule has 4 aliphatic rings. The molecule has 5 nitrogen and oxygen atoms in total. The average Bonchev–Trinajstić information content (AvgIpc) is 3.03. The lowest BCUT2D eigenvalue weighted by Crippen LogP contribution is -2.51. The van der Waals surface area contributed by atoms with Crippen molar-refractivity contribution in [1.82, 2.24) is 10.2 Å². The normalized spacial score (nSPS) is 32.0. The molecule has 26 heavy (non-hydrogen) atoms. The second-order valence-electron chi connectivity index (χ2n) is 8.82. The summed E-state index contributed by atoms with van der Waals surface area (Å²) in [5, 5.41) is 11.1. The number of amides is 1. The van der Waals surface area contributed by atoms with E-state index in [-0.39, 0.29) is 17.3 Å². The summed E-state index contributed by atoms with van der Waals surface area (Å²) in [7, 11) is 0. The Kier molecular flexibility index (Phi) is 3.66. The molecule has 1 N–H and O–H groups in total. The molecule has 0 atom stereocenters. The first-order valence-electron chi connectivity index (χ1n) is 9.77. The van der Waals surface area contributed by atoms with E-state index in [0.717, 1.165) is 42.6 Å². The molecule has 1 aromatic carbocycles. The number of carbonyl (C=O) groups excluding carboxylic acids is 1. The molecule has 0 spiro atoms. The highest BCUT2D eigenvalue weighted by atomic mass is 16.4. The van der Waals surface area contributed by atoms with Crippen LogP contribution in [0.3, 0.4) is 0 Å². The highest BCUT2D eigenvalue weighted by Crippen LogP contribution is 2.60. The molecule has 1 amide bonds. The van der Waals surface area contributed by atoms with Gasteiger partial charge < -0.3 is 4.42 Å². The maximum absolute atomic E-state index is 13.0. The SMILES string of the molecule is Cc1ccc(Cc2nnc(NC(=O)C34CC5CC(CC(C5)C3)C4)o2)cc1. The largest absolute Gasteiger partial charge is 0.407 e. The molecule has 0 radical (unpaired) electrons. The lowest BCUT2D eigenvalue weighted by molar-refractivity contribution is -0.140. The Labute approximate surface area is 153 Å². The van der Waals surface area contributed by atoms with Crippen molar-refractivity contribution < 1.29 is 9.21 Å². The monoisotopic (exact) mass is 351 g/mol. The minimum Gasteiger partial charge on any atom is -0.407 e. The average molecular weight is 351 g/mol. The van der Waals surface area contributed by atoms with Crippen LogP contribution in [-0.2, 0) is 11.2 Å². The molecule has 0 unspecified atom stereocenters. The molecule has 6 rings (SSSR count). The molecule has 4 fully saturated rings. The lowest BCUT2D eigenvalue weighted by Gasteiger charge is -2.55. The topological polar surface area (TPSA) is 68.0 Å². The molecule has 4 bridgehead atoms. The van der Waals surface area contributed by atoms with Crippen molar-refractivity contribution in [2.75, 3.05) is 5.32 Å². The molecule has 4 aliphatic carbocycles. The number of anilines is 1. The van der Waals surface area contributed by atoms with Crippen molar-refractivity contribution in [1.29, 1.82) is 0 Å². The lowest BCUT2D eigenvalue weighted by atomic mass is 9.49. The third kappa shape index (κ3) is 2.83. The summed E-state index contributed by atoms with van der Waals surface area (Å²) in [6.45, 7) is 2.06. The molecule has 0 aliphatic heterocycles. The van der Waals surface area contributed by atoms with Gasteiger partial charge in [0.1, 0.15) is 0 Å². The van der Waals surface area contributed by atoms with Crippen molar-refractivity contribution in [3.05, 3.63) is 41.3 Å². The Balaban J connectivity index is 1.27. The number of nitrogens with zero attached hydrogens (tertiary/aromatic N) is 2. The number of nitrogens with one attached hydrogen (secondary N) is 1. The van der Waals surface area contributed by atoms with E-state index < -0.39 is 0 Å². The molecule has 136 valence electrons. The van der Waals surface area contributed by atoms with Crippen LogP contribution in [-0.4, -0.2) is 16.1 Å². The van der Waals surface area contributed by atoms with Gasteiger partial charge in [-0.1, -0.05) is 34.9 Å². The van der Waals surface area contributed by atoms with Gasteiger partial charge >= 0.3 is 6.01 Å². The number of aryl methyl sites for hydroxylation is 1. The summed E-state index contributed by atoms with van der Waals surface area (Å²) in [5.74, 6) is 2.86. The Morgan fingerprint density at radius 3 is 2.31 bits per heavy atom. The minimum atomic E-state index is -0.194. The summed E-state index contributed by atoms with van der Waals surface area (Å²) in [4.78, 5) is 13.0. The third-order valence-electron chi connectivity index (χ3n) is 6.68. The Bertz CT molecular complexity index is 789. The highest BCUT2D eigenvalue weighted by molar-refractivity contribution is 5.94. The zero-order valence-corrected chi connectivity index (χ0v) is 15.2. The fraction of sp³-hybridized carbons (Fsp3) is 0.571. The van der Waals surface area contributed by atoms with E-state index in [9.17, 15) is 4.79 Å². The minimum absolute atomic E-state index is 0.0992. The fourth-order valence-electron chi connectivity index (χ4n) is 5.87. The fourth-order valence-corrected chi connectivity index (χ4v) is 5.87. The molecule has 1 heterocycles. The van der Waals surface area contributed by atoms with Crippen LogP contribution >= 0.6 is 0 Å². The van der Waals surface area contributed by atoms with Crippen molar-refractivity contribution in [3.8, 4) is 0 Å². The van der Waals surface area contributed by atoms with E-state index in [1.165, 1.54) is 24.8 Å². The van der Waals surface area contributed by atoms with Gasteiger partial charge in [-0.05, 0) is 68.8 Å². The van der Waals surface area contributed by atoms with Crippen molar-refractivity contribution >= 4 is 11.9 Å². The quantitative estimate of drug-likeness (QED) is 0.899. The molecule has 5 heteroatoms. The van der Waals surface area contributed by atoms with Gasteiger partial charge in [-0.2, -0.15) is 0 Å². The van der Waals surface area contributed by atoms with E-state index in [1.54, 1.807) is 0 Å². The van der Waals surface area contributed by atoms with Gasteiger partial charge in [0.15, 0.2) is 0 Å². The smallest absolute Gasteiger partial charge is 0.322 e. The number of aromatic nitrogens is 2. The van der Waals surface area contributed by atoms with Crippen LogP contribution in [0, 0.1) is 30.1 Å². The summed E-state index contributed by atoms with van der Waals surface area (Å²) in [5.41, 5.74) is 2.15. The number of rotatable bonds is 4. The van der Waals surface area contributed by atoms with Gasteiger partial charge in [0.05, 0.1) is 11.8 Å². The van der Waals surface area contributed by atoms with Crippen LogP contribution in [0.1, 0.15) is 55.5 Å². The van der Waals surface area contributed by atoms with Crippen LogP contribution < -0.4 is 5.32 Å². The first-order valence-corrected chi connectivity index (χ1v) is 9.77. The van der Waals surface area contributed by atoms with E-state index in [4.69, 9.17) is 4.42 Å². The van der Waals surface area contributed by atoms with E-state index >= 15 is 0 Å². The van der Waals surface area contributed by atoms with Crippen LogP contribution in [0.15, 0.2) is 28.7 Å². The molecule has 2 aromatic rings. The molecular formula is C21H25N3O2. The number of hydrogen-bond donors (Lipinski definition) is 1. The summed E-state index contributed by atoms with van der Waals surface area (Å²) in [6, 6.07) is 8.51. The van der Waals surface area contributed by atoms with Gasteiger partial charge in [0, 0.05) is 0 Å². The van der Waals surface area contributed by atoms with Gasteiger partial charge in [-0.15, -0.1) is 5.10 Å². The molecule has 4 saturated carbocycles. The summed E-state index contributed by atoms with van der Waals surface area (Å²) >= 11 is 0. The van der Waals surface area contributed by atoms with Crippen molar-refractivity contribution in [2.24, 2.45) is 23.2 Å². The Morgan fingerprint density at radius 1 is 1.08 bits per heavy atom. The predicted octanol–water partition coefficient (Wildman–Crippen LogP) is 4.12. The van der Waals surface area contributed by atoms with Crippen LogP contribution in [0.2, 0.25) is 0 Å². The van der Waals surface area contributed by atoms with Gasteiger partial charge in [0.25, 0.3) is 0 Å². The summed E-state index contributed by atoms with van der Waals surface area (Å²) < 4.78 is 5.70. The first-order chi connectivity index (χ1) is 12.6. The maximum Gasteiger partial charge on any atom is 0.322 e. The summed E-state index contributed by atoms with van der Waals surface area (Å²) in [6.07, 6.45) is 7.68. The van der Waals surface area contributed by atoms with E-state index in [2.05, 4.69) is 46.7 Å². The number of benzene rings is 1. The van der Waals surface area contributed by atoms with Crippen molar-refractivity contribution in [2.45, 2.75) is 51.9 Å². The molecular weight excluding hydrogens is 326 g/mol. The molecule has 0 saturated heterocycles. The van der Waals surface area contributed by atoms with Gasteiger partial charge in [-0.25, -0.2) is 0 Å².